The third kappa shape index (κ3) is 1.55. The molecule has 0 unspecified atom stereocenters. The third-order valence-corrected chi connectivity index (χ3v) is 2.31. The summed E-state index contributed by atoms with van der Waals surface area (Å²) in [5.41, 5.74) is 6.57. The lowest BCUT2D eigenvalue weighted by Crippen LogP contribution is -2.03. The van der Waals surface area contributed by atoms with Crippen LogP contribution in [0.3, 0.4) is 0 Å². The molecule has 0 amide bonds. The summed E-state index contributed by atoms with van der Waals surface area (Å²) >= 11 is 1.74. The minimum atomic E-state index is 0.698. The standard InChI is InChI=1S/C7H12N2S/c1-5-7(3-4-8)9-6(2)10-5/h3-4,8H2,1-2H3. The third-order valence-electron chi connectivity index (χ3n) is 1.38. The molecule has 10 heavy (non-hydrogen) atoms. The number of thiazole rings is 1. The summed E-state index contributed by atoms with van der Waals surface area (Å²) < 4.78 is 0. The second-order valence-corrected chi connectivity index (χ2v) is 3.68. The van der Waals surface area contributed by atoms with E-state index in [0.29, 0.717) is 6.54 Å². The highest BCUT2D eigenvalue weighted by Crippen LogP contribution is 2.15. The van der Waals surface area contributed by atoms with Crippen LogP contribution in [0.5, 0.6) is 0 Å². The van der Waals surface area contributed by atoms with E-state index in [0.717, 1.165) is 11.4 Å². The van der Waals surface area contributed by atoms with Crippen LogP contribution in [0.2, 0.25) is 0 Å². The summed E-state index contributed by atoms with van der Waals surface area (Å²) in [4.78, 5) is 5.65. The molecule has 3 heteroatoms. The Balaban J connectivity index is 2.81. The van der Waals surface area contributed by atoms with Crippen LogP contribution in [-0.2, 0) is 6.42 Å². The van der Waals surface area contributed by atoms with Gasteiger partial charge in [-0.3, -0.25) is 0 Å². The molecule has 0 fully saturated rings. The van der Waals surface area contributed by atoms with E-state index in [2.05, 4.69) is 11.9 Å². The summed E-state index contributed by atoms with van der Waals surface area (Å²) in [6, 6.07) is 0. The summed E-state index contributed by atoms with van der Waals surface area (Å²) in [5.74, 6) is 0. The van der Waals surface area contributed by atoms with Crippen LogP contribution in [0.25, 0.3) is 0 Å². The van der Waals surface area contributed by atoms with Crippen molar-refractivity contribution in [2.24, 2.45) is 5.73 Å². The van der Waals surface area contributed by atoms with Crippen LogP contribution >= 0.6 is 11.3 Å². The molecular formula is C7H12N2S. The molecule has 0 aliphatic carbocycles. The quantitative estimate of drug-likeness (QED) is 0.700. The number of hydrogen-bond acceptors (Lipinski definition) is 3. The lowest BCUT2D eigenvalue weighted by Gasteiger charge is -1.91. The van der Waals surface area contributed by atoms with Gasteiger partial charge in [-0.25, -0.2) is 4.98 Å². The molecule has 1 aromatic rings. The molecule has 0 radical (unpaired) electrons. The van der Waals surface area contributed by atoms with E-state index in [1.807, 2.05) is 6.92 Å². The number of rotatable bonds is 2. The van der Waals surface area contributed by atoms with Crippen molar-refractivity contribution in [3.63, 3.8) is 0 Å². The summed E-state index contributed by atoms with van der Waals surface area (Å²) in [6.07, 6.45) is 0.913. The number of hydrogen-bond donors (Lipinski definition) is 1. The maximum atomic E-state index is 5.40. The first-order chi connectivity index (χ1) is 4.74. The van der Waals surface area contributed by atoms with E-state index >= 15 is 0 Å². The lowest BCUT2D eigenvalue weighted by molar-refractivity contribution is 0.920. The average Bonchev–Trinajstić information content (AvgIpc) is 2.13. The molecule has 0 aromatic carbocycles. The first kappa shape index (κ1) is 7.69. The van der Waals surface area contributed by atoms with E-state index in [4.69, 9.17) is 5.73 Å². The topological polar surface area (TPSA) is 38.9 Å². The van der Waals surface area contributed by atoms with Crippen LogP contribution < -0.4 is 5.73 Å². The van der Waals surface area contributed by atoms with Crippen LogP contribution in [0, 0.1) is 13.8 Å². The van der Waals surface area contributed by atoms with E-state index in [1.165, 1.54) is 10.6 Å². The van der Waals surface area contributed by atoms with Crippen molar-refractivity contribution < 1.29 is 0 Å². The van der Waals surface area contributed by atoms with Gasteiger partial charge in [0.2, 0.25) is 0 Å². The van der Waals surface area contributed by atoms with Gasteiger partial charge in [0.1, 0.15) is 0 Å². The van der Waals surface area contributed by atoms with Crippen molar-refractivity contribution in [2.75, 3.05) is 6.54 Å². The number of aryl methyl sites for hydroxylation is 2. The van der Waals surface area contributed by atoms with Crippen LogP contribution in [-0.4, -0.2) is 11.5 Å². The predicted octanol–water partition coefficient (Wildman–Crippen LogP) is 1.26. The minimum Gasteiger partial charge on any atom is -0.330 e. The number of nitrogens with zero attached hydrogens (tertiary/aromatic N) is 1. The van der Waals surface area contributed by atoms with Gasteiger partial charge in [0.25, 0.3) is 0 Å². The van der Waals surface area contributed by atoms with E-state index < -0.39 is 0 Å². The Bertz CT molecular complexity index is 217. The van der Waals surface area contributed by atoms with Crippen LogP contribution in [0.15, 0.2) is 0 Å². The van der Waals surface area contributed by atoms with Crippen molar-refractivity contribution >= 4 is 11.3 Å². The normalized spacial score (nSPS) is 10.3. The smallest absolute Gasteiger partial charge is 0.0900 e. The van der Waals surface area contributed by atoms with Gasteiger partial charge in [-0.2, -0.15) is 0 Å². The van der Waals surface area contributed by atoms with Crippen molar-refractivity contribution in [2.45, 2.75) is 20.3 Å². The molecule has 0 aliphatic heterocycles. The molecule has 2 N–H and O–H groups in total. The van der Waals surface area contributed by atoms with Gasteiger partial charge in [0, 0.05) is 11.3 Å². The average molecular weight is 156 g/mol. The highest BCUT2D eigenvalue weighted by molar-refractivity contribution is 7.11. The molecule has 1 heterocycles. The van der Waals surface area contributed by atoms with Gasteiger partial charge >= 0.3 is 0 Å². The Morgan fingerprint density at radius 2 is 2.20 bits per heavy atom. The van der Waals surface area contributed by atoms with E-state index in [-0.39, 0.29) is 0 Å². The van der Waals surface area contributed by atoms with Crippen molar-refractivity contribution in [3.05, 3.63) is 15.6 Å². The minimum absolute atomic E-state index is 0.698. The van der Waals surface area contributed by atoms with Gasteiger partial charge in [0.15, 0.2) is 0 Å². The Labute approximate surface area is 65.1 Å². The summed E-state index contributed by atoms with van der Waals surface area (Å²) in [5, 5.41) is 1.14. The molecule has 0 spiro atoms. The van der Waals surface area contributed by atoms with Gasteiger partial charge in [-0.1, -0.05) is 0 Å². The molecule has 0 saturated heterocycles. The second-order valence-electron chi connectivity index (χ2n) is 2.27. The molecule has 2 nitrogen and oxygen atoms in total. The van der Waals surface area contributed by atoms with Crippen molar-refractivity contribution in [1.29, 1.82) is 0 Å². The summed E-state index contributed by atoms with van der Waals surface area (Å²) in [6.45, 7) is 4.82. The maximum absolute atomic E-state index is 5.40. The monoisotopic (exact) mass is 156 g/mol. The number of aromatic nitrogens is 1. The molecule has 1 rings (SSSR count). The Kier molecular flexibility index (Phi) is 2.40. The van der Waals surface area contributed by atoms with Crippen LogP contribution in [0.4, 0.5) is 0 Å². The Morgan fingerprint density at radius 3 is 2.60 bits per heavy atom. The van der Waals surface area contributed by atoms with Crippen LogP contribution in [0.1, 0.15) is 15.6 Å². The molecule has 56 valence electrons. The fourth-order valence-electron chi connectivity index (χ4n) is 0.941. The van der Waals surface area contributed by atoms with Gasteiger partial charge in [-0.15, -0.1) is 11.3 Å². The SMILES string of the molecule is Cc1nc(CCN)c(C)s1. The van der Waals surface area contributed by atoms with E-state index in [1.54, 1.807) is 11.3 Å². The molecular weight excluding hydrogens is 144 g/mol. The molecule has 1 aromatic heterocycles. The zero-order valence-electron chi connectivity index (χ0n) is 6.35. The molecule has 0 atom stereocenters. The molecule has 0 bridgehead atoms. The van der Waals surface area contributed by atoms with Crippen molar-refractivity contribution in [3.8, 4) is 0 Å². The van der Waals surface area contributed by atoms with Crippen molar-refractivity contribution in [1.82, 2.24) is 4.98 Å². The lowest BCUT2D eigenvalue weighted by atomic mass is 10.3. The fraction of sp³-hybridized carbons (Fsp3) is 0.571. The number of nitrogens with two attached hydrogens (primary N) is 1. The van der Waals surface area contributed by atoms with Gasteiger partial charge in [-0.05, 0) is 20.4 Å². The Hall–Kier alpha value is -0.410. The Morgan fingerprint density at radius 1 is 1.50 bits per heavy atom. The second kappa shape index (κ2) is 3.12. The first-order valence-corrected chi connectivity index (χ1v) is 4.18. The summed E-state index contributed by atoms with van der Waals surface area (Å²) in [7, 11) is 0. The molecule has 0 saturated carbocycles. The zero-order chi connectivity index (χ0) is 7.56. The zero-order valence-corrected chi connectivity index (χ0v) is 7.16. The molecule has 0 aliphatic rings. The largest absolute Gasteiger partial charge is 0.330 e. The van der Waals surface area contributed by atoms with Gasteiger partial charge < -0.3 is 5.73 Å². The first-order valence-electron chi connectivity index (χ1n) is 3.37. The van der Waals surface area contributed by atoms with E-state index in [9.17, 15) is 0 Å². The predicted molar refractivity (Wildman–Crippen MR) is 44.3 cm³/mol. The van der Waals surface area contributed by atoms with Gasteiger partial charge in [0.05, 0.1) is 10.7 Å². The highest BCUT2D eigenvalue weighted by Gasteiger charge is 2.01. The highest BCUT2D eigenvalue weighted by atomic mass is 32.1. The fourth-order valence-corrected chi connectivity index (χ4v) is 1.81. The maximum Gasteiger partial charge on any atom is 0.0900 e.